The van der Waals surface area contributed by atoms with E-state index >= 15 is 0 Å². The van der Waals surface area contributed by atoms with E-state index < -0.39 is 0 Å². The molecule has 0 spiro atoms. The molecule has 0 aliphatic heterocycles. The molecule has 0 atom stereocenters. The summed E-state index contributed by atoms with van der Waals surface area (Å²) >= 11 is 0. The number of unbranched alkanes of at least 4 members (excludes halogenated alkanes) is 7. The molecule has 0 amide bonds. The fraction of sp³-hybridized carbons (Fsp3) is 0.720. The van der Waals surface area contributed by atoms with E-state index in [1.54, 1.807) is 0 Å². The van der Waals surface area contributed by atoms with Crippen molar-refractivity contribution in [3.05, 3.63) is 34.9 Å². The van der Waals surface area contributed by atoms with Gasteiger partial charge in [-0.25, -0.2) is 4.79 Å². The molecule has 0 bridgehead atoms. The Morgan fingerprint density at radius 2 is 1.25 bits per heavy atom. The van der Waals surface area contributed by atoms with Crippen LogP contribution in [0.15, 0.2) is 18.2 Å². The van der Waals surface area contributed by atoms with Gasteiger partial charge in [0.25, 0.3) is 0 Å². The van der Waals surface area contributed by atoms with Crippen LogP contribution in [0.1, 0.15) is 106 Å². The van der Waals surface area contributed by atoms with Crippen LogP contribution in [0.2, 0.25) is 0 Å². The highest BCUT2D eigenvalue weighted by Crippen LogP contribution is 2.15. The van der Waals surface area contributed by atoms with Crippen LogP contribution in [0, 0.1) is 0 Å². The van der Waals surface area contributed by atoms with Crippen molar-refractivity contribution in [1.82, 2.24) is 0 Å². The summed E-state index contributed by atoms with van der Waals surface area (Å²) in [5.41, 5.74) is 3.13. The predicted octanol–water partition coefficient (Wildman–Crippen LogP) is 6.91. The third-order valence-corrected chi connectivity index (χ3v) is 4.97. The molecule has 3 nitrogen and oxygen atoms in total. The first-order valence-corrected chi connectivity index (χ1v) is 11.6. The van der Waals surface area contributed by atoms with Gasteiger partial charge in [0.2, 0.25) is 0 Å². The molecule has 0 aliphatic rings. The SMILES string of the molecule is CCCCCCCCCCOCCOC(=O)c1cc(CCC)cc(CCC)c1. The van der Waals surface area contributed by atoms with E-state index in [0.717, 1.165) is 38.7 Å². The van der Waals surface area contributed by atoms with Crippen LogP contribution in [-0.2, 0) is 22.3 Å². The van der Waals surface area contributed by atoms with Crippen LogP contribution in [0.4, 0.5) is 0 Å². The topological polar surface area (TPSA) is 35.5 Å². The van der Waals surface area contributed by atoms with Crippen molar-refractivity contribution in [1.29, 1.82) is 0 Å². The first-order chi connectivity index (χ1) is 13.7. The highest BCUT2D eigenvalue weighted by molar-refractivity contribution is 5.89. The second kappa shape index (κ2) is 16.6. The largest absolute Gasteiger partial charge is 0.460 e. The Bertz CT molecular complexity index is 500. The zero-order valence-electron chi connectivity index (χ0n) is 18.6. The third kappa shape index (κ3) is 11.5. The number of esters is 1. The number of benzene rings is 1. The predicted molar refractivity (Wildman–Crippen MR) is 118 cm³/mol. The maximum absolute atomic E-state index is 12.4. The first-order valence-electron chi connectivity index (χ1n) is 11.6. The average Bonchev–Trinajstić information content (AvgIpc) is 2.69. The third-order valence-electron chi connectivity index (χ3n) is 4.97. The molecule has 1 rings (SSSR count). The van der Waals surface area contributed by atoms with Crippen molar-refractivity contribution in [2.45, 2.75) is 97.8 Å². The van der Waals surface area contributed by atoms with Crippen molar-refractivity contribution in [2.75, 3.05) is 19.8 Å². The summed E-state index contributed by atoms with van der Waals surface area (Å²) in [6.45, 7) is 8.15. The van der Waals surface area contributed by atoms with Gasteiger partial charge in [-0.3, -0.25) is 0 Å². The van der Waals surface area contributed by atoms with Gasteiger partial charge in [0.05, 0.1) is 12.2 Å². The molecule has 0 fully saturated rings. The fourth-order valence-corrected chi connectivity index (χ4v) is 3.46. The number of ether oxygens (including phenoxy) is 2. The van der Waals surface area contributed by atoms with Crippen LogP contribution in [-0.4, -0.2) is 25.8 Å². The van der Waals surface area contributed by atoms with Gasteiger partial charge in [-0.1, -0.05) is 84.6 Å². The van der Waals surface area contributed by atoms with Gasteiger partial charge >= 0.3 is 5.97 Å². The molecule has 3 heteroatoms. The normalized spacial score (nSPS) is 11.0. The van der Waals surface area contributed by atoms with E-state index in [1.807, 2.05) is 12.1 Å². The Labute approximate surface area is 173 Å². The van der Waals surface area contributed by atoms with Crippen LogP contribution in [0.5, 0.6) is 0 Å². The zero-order chi connectivity index (χ0) is 20.5. The number of hydrogen-bond acceptors (Lipinski definition) is 3. The number of rotatable bonds is 17. The molecule has 0 saturated heterocycles. The maximum atomic E-state index is 12.4. The second-order valence-electron chi connectivity index (χ2n) is 7.76. The lowest BCUT2D eigenvalue weighted by atomic mass is 10.00. The Hall–Kier alpha value is -1.35. The molecular formula is C25H42O3. The second-order valence-corrected chi connectivity index (χ2v) is 7.76. The summed E-state index contributed by atoms with van der Waals surface area (Å²) in [6, 6.07) is 6.18. The molecule has 0 aromatic heterocycles. The van der Waals surface area contributed by atoms with Gasteiger partial charge in [0, 0.05) is 6.61 Å². The van der Waals surface area contributed by atoms with E-state index in [-0.39, 0.29) is 5.97 Å². The Morgan fingerprint density at radius 1 is 0.679 bits per heavy atom. The van der Waals surface area contributed by atoms with E-state index in [9.17, 15) is 4.79 Å². The smallest absolute Gasteiger partial charge is 0.338 e. The highest BCUT2D eigenvalue weighted by atomic mass is 16.6. The van der Waals surface area contributed by atoms with Crippen molar-refractivity contribution in [2.24, 2.45) is 0 Å². The van der Waals surface area contributed by atoms with Gasteiger partial charge < -0.3 is 9.47 Å². The quantitative estimate of drug-likeness (QED) is 0.214. The molecule has 28 heavy (non-hydrogen) atoms. The molecule has 160 valence electrons. The first kappa shape index (κ1) is 24.7. The average molecular weight is 391 g/mol. The minimum Gasteiger partial charge on any atom is -0.460 e. The highest BCUT2D eigenvalue weighted by Gasteiger charge is 2.10. The molecule has 0 unspecified atom stereocenters. The molecule has 0 radical (unpaired) electrons. The molecule has 1 aromatic carbocycles. The van der Waals surface area contributed by atoms with Crippen LogP contribution in [0.3, 0.4) is 0 Å². The fourth-order valence-electron chi connectivity index (χ4n) is 3.46. The standard InChI is InChI=1S/C25H42O3/c1-4-7-8-9-10-11-12-13-16-27-17-18-28-25(26)24-20-22(14-5-2)19-23(21-24)15-6-3/h19-21H,4-18H2,1-3H3. The molecule has 0 aliphatic carbocycles. The number of carbonyl (C=O) groups is 1. The molecule has 0 saturated carbocycles. The summed E-state index contributed by atoms with van der Waals surface area (Å²) in [4.78, 5) is 12.4. The van der Waals surface area contributed by atoms with Crippen LogP contribution >= 0.6 is 0 Å². The maximum Gasteiger partial charge on any atom is 0.338 e. The minimum atomic E-state index is -0.231. The van der Waals surface area contributed by atoms with Gasteiger partial charge in [0.15, 0.2) is 0 Å². The molecule has 1 aromatic rings. The van der Waals surface area contributed by atoms with Crippen LogP contribution in [0.25, 0.3) is 0 Å². The molecular weight excluding hydrogens is 348 g/mol. The molecule has 0 heterocycles. The summed E-state index contributed by atoms with van der Waals surface area (Å²) < 4.78 is 11.0. The molecule has 0 N–H and O–H groups in total. The van der Waals surface area contributed by atoms with E-state index in [4.69, 9.17) is 9.47 Å². The lowest BCUT2D eigenvalue weighted by Crippen LogP contribution is -2.12. The Morgan fingerprint density at radius 3 is 1.82 bits per heavy atom. The van der Waals surface area contributed by atoms with E-state index in [1.165, 1.54) is 56.1 Å². The zero-order valence-corrected chi connectivity index (χ0v) is 18.6. The van der Waals surface area contributed by atoms with Crippen molar-refractivity contribution < 1.29 is 14.3 Å². The summed E-state index contributed by atoms with van der Waals surface area (Å²) in [7, 11) is 0. The number of hydrogen-bond donors (Lipinski definition) is 0. The summed E-state index contributed by atoms with van der Waals surface area (Å²) in [6.07, 6.45) is 14.5. The van der Waals surface area contributed by atoms with Crippen molar-refractivity contribution in [3.8, 4) is 0 Å². The van der Waals surface area contributed by atoms with Gasteiger partial charge in [-0.05, 0) is 42.5 Å². The number of aryl methyl sites for hydroxylation is 2. The van der Waals surface area contributed by atoms with Crippen molar-refractivity contribution >= 4 is 5.97 Å². The van der Waals surface area contributed by atoms with Gasteiger partial charge in [0.1, 0.15) is 6.61 Å². The van der Waals surface area contributed by atoms with Gasteiger partial charge in [-0.2, -0.15) is 0 Å². The van der Waals surface area contributed by atoms with Crippen LogP contribution < -0.4 is 0 Å². The Balaban J connectivity index is 2.17. The van der Waals surface area contributed by atoms with E-state index in [2.05, 4.69) is 26.8 Å². The lowest BCUT2D eigenvalue weighted by molar-refractivity contribution is 0.0312. The summed E-state index contributed by atoms with van der Waals surface area (Å²) in [5, 5.41) is 0. The Kier molecular flexibility index (Phi) is 14.6. The number of carbonyl (C=O) groups excluding carboxylic acids is 1. The van der Waals surface area contributed by atoms with Gasteiger partial charge in [-0.15, -0.1) is 0 Å². The van der Waals surface area contributed by atoms with Crippen molar-refractivity contribution in [3.63, 3.8) is 0 Å². The lowest BCUT2D eigenvalue weighted by Gasteiger charge is -2.10. The monoisotopic (exact) mass is 390 g/mol. The van der Waals surface area contributed by atoms with E-state index in [0.29, 0.717) is 18.8 Å². The minimum absolute atomic E-state index is 0.231. The summed E-state index contributed by atoms with van der Waals surface area (Å²) in [5.74, 6) is -0.231.